The Bertz CT molecular complexity index is 1160. The van der Waals surface area contributed by atoms with Gasteiger partial charge in [-0.1, -0.05) is 18.2 Å². The van der Waals surface area contributed by atoms with Gasteiger partial charge in [0.25, 0.3) is 0 Å². The molecule has 144 valence electrons. The molecule has 0 fully saturated rings. The molecule has 29 heavy (non-hydrogen) atoms. The number of nitrogens with one attached hydrogen (secondary N) is 1. The van der Waals surface area contributed by atoms with Crippen molar-refractivity contribution in [3.05, 3.63) is 77.0 Å². The van der Waals surface area contributed by atoms with Gasteiger partial charge in [-0.25, -0.2) is 9.78 Å². The molecule has 8 heteroatoms. The molecule has 0 saturated heterocycles. The van der Waals surface area contributed by atoms with Crippen molar-refractivity contribution in [1.82, 2.24) is 9.97 Å². The van der Waals surface area contributed by atoms with Crippen LogP contribution in [0.5, 0.6) is 0 Å². The van der Waals surface area contributed by atoms with Gasteiger partial charge in [-0.15, -0.1) is 0 Å². The number of fused-ring (bicyclic) bond motifs is 1. The van der Waals surface area contributed by atoms with E-state index < -0.39 is 5.97 Å². The first kappa shape index (κ1) is 18.3. The first-order valence-electron chi connectivity index (χ1n) is 8.88. The van der Waals surface area contributed by atoms with Gasteiger partial charge in [0.15, 0.2) is 5.78 Å². The minimum atomic E-state index is -1.02. The van der Waals surface area contributed by atoms with E-state index in [1.807, 2.05) is 18.2 Å². The normalized spacial score (nSPS) is 12.2. The van der Waals surface area contributed by atoms with Crippen LogP contribution in [0.2, 0.25) is 0 Å². The van der Waals surface area contributed by atoms with Crippen LogP contribution in [0.15, 0.2) is 59.7 Å². The third-order valence-electron chi connectivity index (χ3n) is 4.52. The molecule has 8 nitrogen and oxygen atoms in total. The number of carboxylic acid groups (broad SMARTS) is 1. The zero-order chi connectivity index (χ0) is 20.4. The maximum absolute atomic E-state index is 12.8. The summed E-state index contributed by atoms with van der Waals surface area (Å²) >= 11 is 0. The number of aliphatic imine (C=N–C) groups is 1. The predicted octanol–water partition coefficient (Wildman–Crippen LogP) is 2.62. The van der Waals surface area contributed by atoms with Gasteiger partial charge in [0.1, 0.15) is 11.5 Å². The maximum Gasteiger partial charge on any atom is 0.335 e. The minimum absolute atomic E-state index is 0.0828. The third-order valence-corrected chi connectivity index (χ3v) is 4.52. The van der Waals surface area contributed by atoms with Crippen LogP contribution in [-0.2, 0) is 17.8 Å². The van der Waals surface area contributed by atoms with Gasteiger partial charge in [-0.3, -0.25) is 9.79 Å². The second-order valence-electron chi connectivity index (χ2n) is 6.57. The monoisotopic (exact) mass is 387 g/mol. The van der Waals surface area contributed by atoms with Crippen molar-refractivity contribution in [3.8, 4) is 0 Å². The van der Waals surface area contributed by atoms with Crippen molar-refractivity contribution in [2.75, 3.05) is 11.1 Å². The van der Waals surface area contributed by atoms with E-state index in [1.54, 1.807) is 24.4 Å². The SMILES string of the molecule is Nc1nccc(Nc2ccc3c(c2)C(C(=O)Cc2cccc(C(=O)O)c2)=NC3)n1. The van der Waals surface area contributed by atoms with Crippen molar-refractivity contribution < 1.29 is 14.7 Å². The minimum Gasteiger partial charge on any atom is -0.478 e. The lowest BCUT2D eigenvalue weighted by Gasteiger charge is -2.09. The summed E-state index contributed by atoms with van der Waals surface area (Å²) in [7, 11) is 0. The number of aromatic nitrogens is 2. The topological polar surface area (TPSA) is 131 Å². The Morgan fingerprint density at radius 3 is 2.79 bits per heavy atom. The number of Topliss-reactive ketones (excluding diaryl/α,β-unsaturated/α-hetero) is 1. The fourth-order valence-electron chi connectivity index (χ4n) is 3.18. The molecule has 1 aliphatic rings. The van der Waals surface area contributed by atoms with Gasteiger partial charge < -0.3 is 16.2 Å². The standard InChI is InChI=1S/C21H17N5O3/c22-21-23-7-6-18(26-21)25-15-5-4-14-11-24-19(16(14)10-15)17(27)9-12-2-1-3-13(8-12)20(28)29/h1-8,10H,9,11H2,(H,28,29)(H3,22,23,25,26). The van der Waals surface area contributed by atoms with E-state index in [0.29, 0.717) is 23.6 Å². The third kappa shape index (κ3) is 3.96. The molecule has 4 N–H and O–H groups in total. The summed E-state index contributed by atoms with van der Waals surface area (Å²) in [6.07, 6.45) is 1.64. The van der Waals surface area contributed by atoms with Crippen LogP contribution in [0, 0.1) is 0 Å². The summed E-state index contributed by atoms with van der Waals surface area (Å²) in [4.78, 5) is 36.3. The number of benzene rings is 2. The highest BCUT2D eigenvalue weighted by atomic mass is 16.4. The lowest BCUT2D eigenvalue weighted by molar-refractivity contribution is -0.112. The Labute approximate surface area is 166 Å². The molecular weight excluding hydrogens is 370 g/mol. The second-order valence-corrected chi connectivity index (χ2v) is 6.57. The van der Waals surface area contributed by atoms with Crippen molar-refractivity contribution in [3.63, 3.8) is 0 Å². The van der Waals surface area contributed by atoms with E-state index in [4.69, 9.17) is 10.8 Å². The zero-order valence-corrected chi connectivity index (χ0v) is 15.3. The molecule has 0 atom stereocenters. The Morgan fingerprint density at radius 1 is 1.14 bits per heavy atom. The quantitative estimate of drug-likeness (QED) is 0.592. The molecule has 3 aromatic rings. The number of ketones is 1. The van der Waals surface area contributed by atoms with Crippen LogP contribution in [0.25, 0.3) is 0 Å². The first-order chi connectivity index (χ1) is 14.0. The number of nitrogens with zero attached hydrogens (tertiary/aromatic N) is 3. The highest BCUT2D eigenvalue weighted by Gasteiger charge is 2.23. The number of anilines is 3. The van der Waals surface area contributed by atoms with Crippen molar-refractivity contribution >= 4 is 34.9 Å². The van der Waals surface area contributed by atoms with E-state index in [1.165, 1.54) is 12.1 Å². The maximum atomic E-state index is 12.8. The van der Waals surface area contributed by atoms with Crippen molar-refractivity contribution in [1.29, 1.82) is 0 Å². The highest BCUT2D eigenvalue weighted by molar-refractivity contribution is 6.47. The summed E-state index contributed by atoms with van der Waals surface area (Å²) in [5.41, 5.74) is 9.25. The largest absolute Gasteiger partial charge is 0.478 e. The summed E-state index contributed by atoms with van der Waals surface area (Å²) in [5.74, 6) is -0.471. The van der Waals surface area contributed by atoms with Crippen LogP contribution in [0.4, 0.5) is 17.5 Å². The van der Waals surface area contributed by atoms with E-state index in [-0.39, 0.29) is 23.7 Å². The van der Waals surface area contributed by atoms with E-state index >= 15 is 0 Å². The average Bonchev–Trinajstić information content (AvgIpc) is 3.11. The average molecular weight is 387 g/mol. The van der Waals surface area contributed by atoms with E-state index in [2.05, 4.69) is 20.3 Å². The lowest BCUT2D eigenvalue weighted by Crippen LogP contribution is -2.17. The highest BCUT2D eigenvalue weighted by Crippen LogP contribution is 2.25. The van der Waals surface area contributed by atoms with E-state index in [0.717, 1.165) is 16.8 Å². The molecule has 0 bridgehead atoms. The molecule has 0 spiro atoms. The Hall–Kier alpha value is -4.07. The summed E-state index contributed by atoms with van der Waals surface area (Å²) < 4.78 is 0. The Balaban J connectivity index is 1.55. The molecule has 1 aliphatic heterocycles. The van der Waals surface area contributed by atoms with Gasteiger partial charge in [-0.05, 0) is 41.5 Å². The number of aromatic carboxylic acids is 1. The van der Waals surface area contributed by atoms with Gasteiger partial charge in [0, 0.05) is 23.9 Å². The van der Waals surface area contributed by atoms with Gasteiger partial charge in [0.05, 0.1) is 12.1 Å². The summed E-state index contributed by atoms with van der Waals surface area (Å²) in [5, 5.41) is 12.3. The van der Waals surface area contributed by atoms with Crippen molar-refractivity contribution in [2.45, 2.75) is 13.0 Å². The van der Waals surface area contributed by atoms with Crippen LogP contribution < -0.4 is 11.1 Å². The number of hydrogen-bond donors (Lipinski definition) is 3. The second kappa shape index (κ2) is 7.51. The van der Waals surface area contributed by atoms with Gasteiger partial charge >= 0.3 is 5.97 Å². The number of carbonyl (C=O) groups is 2. The van der Waals surface area contributed by atoms with Gasteiger partial charge in [0.2, 0.25) is 5.95 Å². The summed E-state index contributed by atoms with van der Waals surface area (Å²) in [6.45, 7) is 0.437. The number of hydrogen-bond acceptors (Lipinski definition) is 7. The predicted molar refractivity (Wildman–Crippen MR) is 109 cm³/mol. The number of carboxylic acids is 1. The molecule has 0 unspecified atom stereocenters. The molecule has 2 aromatic carbocycles. The molecule has 0 radical (unpaired) electrons. The molecule has 4 rings (SSSR count). The van der Waals surface area contributed by atoms with Crippen LogP contribution >= 0.6 is 0 Å². The van der Waals surface area contributed by atoms with Crippen LogP contribution in [0.3, 0.4) is 0 Å². The fraction of sp³-hybridized carbons (Fsp3) is 0.0952. The molecule has 0 aliphatic carbocycles. The molecule has 2 heterocycles. The van der Waals surface area contributed by atoms with Crippen molar-refractivity contribution in [2.24, 2.45) is 4.99 Å². The Morgan fingerprint density at radius 2 is 2.00 bits per heavy atom. The number of nitrogens with two attached hydrogens (primary N) is 1. The fourth-order valence-corrected chi connectivity index (χ4v) is 3.18. The molecule has 1 aromatic heterocycles. The smallest absolute Gasteiger partial charge is 0.335 e. The summed E-state index contributed by atoms with van der Waals surface area (Å²) in [6, 6.07) is 13.7. The number of carbonyl (C=O) groups excluding carboxylic acids is 1. The Kier molecular flexibility index (Phi) is 4.74. The lowest BCUT2D eigenvalue weighted by atomic mass is 9.98. The number of rotatable bonds is 6. The molecule has 0 amide bonds. The van der Waals surface area contributed by atoms with E-state index in [9.17, 15) is 9.59 Å². The van der Waals surface area contributed by atoms with Gasteiger partial charge in [-0.2, -0.15) is 4.98 Å². The van der Waals surface area contributed by atoms with Crippen LogP contribution in [-0.4, -0.2) is 32.5 Å². The molecule has 0 saturated carbocycles. The molecular formula is C21H17N5O3. The van der Waals surface area contributed by atoms with Crippen LogP contribution in [0.1, 0.15) is 27.0 Å². The zero-order valence-electron chi connectivity index (χ0n) is 15.3. The first-order valence-corrected chi connectivity index (χ1v) is 8.88. The number of nitrogen functional groups attached to an aromatic ring is 1.